The number of phenols is 1. The summed E-state index contributed by atoms with van der Waals surface area (Å²) in [5.74, 6) is 0.508. The van der Waals surface area contributed by atoms with Crippen molar-refractivity contribution in [3.05, 3.63) is 63.7 Å². The highest BCUT2D eigenvalue weighted by Gasteiger charge is 2.34. The molecule has 2 nitrogen and oxygen atoms in total. The zero-order valence-electron chi connectivity index (χ0n) is 11.8. The van der Waals surface area contributed by atoms with Gasteiger partial charge in [-0.2, -0.15) is 0 Å². The number of hydrogen-bond acceptors (Lipinski definition) is 2. The van der Waals surface area contributed by atoms with Gasteiger partial charge in [0.1, 0.15) is 5.75 Å². The summed E-state index contributed by atoms with van der Waals surface area (Å²) >= 11 is 6.09. The first-order chi connectivity index (χ1) is 10.2. The third-order valence-corrected chi connectivity index (χ3v) is 5.16. The molecule has 0 spiro atoms. The summed E-state index contributed by atoms with van der Waals surface area (Å²) in [5, 5.41) is 14.2. The van der Waals surface area contributed by atoms with Gasteiger partial charge < -0.3 is 10.4 Å². The third kappa shape index (κ3) is 2.14. The standard InChI is InChI=1S/C18H18ClNO/c19-15-9-12-5-6-16-18(14(12)10-17(15)21)13-4-2-1-3-11(13)7-8-20-16/h1-4,9-10,16,18,20-21H,5-8H2/t16-,18-/m1/s1. The Morgan fingerprint density at radius 3 is 2.81 bits per heavy atom. The van der Waals surface area contributed by atoms with Crippen molar-refractivity contribution in [1.82, 2.24) is 5.32 Å². The second-order valence-corrected chi connectivity index (χ2v) is 6.44. The summed E-state index contributed by atoms with van der Waals surface area (Å²) < 4.78 is 0. The van der Waals surface area contributed by atoms with Crippen molar-refractivity contribution < 1.29 is 5.11 Å². The van der Waals surface area contributed by atoms with Crippen LogP contribution in [0.3, 0.4) is 0 Å². The van der Waals surface area contributed by atoms with Gasteiger partial charge in [-0.05, 0) is 60.2 Å². The van der Waals surface area contributed by atoms with E-state index < -0.39 is 0 Å². The van der Waals surface area contributed by atoms with Crippen LogP contribution in [-0.4, -0.2) is 17.7 Å². The lowest BCUT2D eigenvalue weighted by atomic mass is 9.75. The van der Waals surface area contributed by atoms with Gasteiger partial charge in [-0.3, -0.25) is 0 Å². The number of rotatable bonds is 0. The topological polar surface area (TPSA) is 32.3 Å². The molecule has 0 unspecified atom stereocenters. The monoisotopic (exact) mass is 299 g/mol. The van der Waals surface area contributed by atoms with E-state index >= 15 is 0 Å². The third-order valence-electron chi connectivity index (χ3n) is 4.86. The number of benzene rings is 2. The minimum Gasteiger partial charge on any atom is -0.506 e. The van der Waals surface area contributed by atoms with E-state index in [9.17, 15) is 5.11 Å². The smallest absolute Gasteiger partial charge is 0.134 e. The van der Waals surface area contributed by atoms with E-state index in [4.69, 9.17) is 11.6 Å². The van der Waals surface area contributed by atoms with E-state index in [2.05, 4.69) is 29.6 Å². The molecule has 1 aliphatic heterocycles. The average molecular weight is 300 g/mol. The lowest BCUT2D eigenvalue weighted by molar-refractivity contribution is 0.428. The molecule has 0 saturated carbocycles. The Hall–Kier alpha value is -1.51. The zero-order valence-corrected chi connectivity index (χ0v) is 12.5. The lowest BCUT2D eigenvalue weighted by Crippen LogP contribution is -2.38. The maximum absolute atomic E-state index is 10.0. The SMILES string of the molecule is Oc1cc2c(cc1Cl)CC[C@H]1NCCc3ccccc3[C@H]21. The quantitative estimate of drug-likeness (QED) is 0.778. The molecule has 21 heavy (non-hydrogen) atoms. The average Bonchev–Trinajstić information content (AvgIpc) is 2.68. The van der Waals surface area contributed by atoms with E-state index in [1.54, 1.807) is 0 Å². The second kappa shape index (κ2) is 5.04. The summed E-state index contributed by atoms with van der Waals surface area (Å²) in [6.07, 6.45) is 3.21. The fraction of sp³-hybridized carbons (Fsp3) is 0.333. The molecule has 2 aliphatic rings. The first-order valence-electron chi connectivity index (χ1n) is 7.56. The first kappa shape index (κ1) is 13.2. The van der Waals surface area contributed by atoms with Crippen molar-refractivity contribution in [3.8, 4) is 5.75 Å². The fourth-order valence-corrected chi connectivity index (χ4v) is 4.07. The number of hydrogen-bond donors (Lipinski definition) is 2. The molecule has 0 radical (unpaired) electrons. The number of fused-ring (bicyclic) bond motifs is 5. The molecule has 1 heterocycles. The molecule has 0 amide bonds. The lowest BCUT2D eigenvalue weighted by Gasteiger charge is -2.34. The number of aromatic hydroxyl groups is 1. The van der Waals surface area contributed by atoms with Gasteiger partial charge in [0.05, 0.1) is 5.02 Å². The van der Waals surface area contributed by atoms with Gasteiger partial charge in [-0.1, -0.05) is 35.9 Å². The van der Waals surface area contributed by atoms with Crippen LogP contribution >= 0.6 is 11.6 Å². The van der Waals surface area contributed by atoms with E-state index in [0.717, 1.165) is 25.8 Å². The summed E-state index contributed by atoms with van der Waals surface area (Å²) in [7, 11) is 0. The molecule has 4 rings (SSSR count). The van der Waals surface area contributed by atoms with Gasteiger partial charge in [-0.25, -0.2) is 0 Å². The van der Waals surface area contributed by atoms with Crippen LogP contribution < -0.4 is 5.32 Å². The Kier molecular flexibility index (Phi) is 3.16. The van der Waals surface area contributed by atoms with Crippen LogP contribution in [0.1, 0.15) is 34.6 Å². The van der Waals surface area contributed by atoms with Gasteiger partial charge >= 0.3 is 0 Å². The molecule has 3 heteroatoms. The zero-order chi connectivity index (χ0) is 14.4. The maximum Gasteiger partial charge on any atom is 0.134 e. The highest BCUT2D eigenvalue weighted by molar-refractivity contribution is 6.32. The van der Waals surface area contributed by atoms with E-state index in [-0.39, 0.29) is 5.75 Å². The van der Waals surface area contributed by atoms with Crippen molar-refractivity contribution in [3.63, 3.8) is 0 Å². The van der Waals surface area contributed by atoms with Crippen LogP contribution in [0.25, 0.3) is 0 Å². The first-order valence-corrected chi connectivity index (χ1v) is 7.94. The van der Waals surface area contributed by atoms with Gasteiger partial charge in [0.15, 0.2) is 0 Å². The molecule has 2 aromatic rings. The summed E-state index contributed by atoms with van der Waals surface area (Å²) in [5.41, 5.74) is 5.32. The highest BCUT2D eigenvalue weighted by atomic mass is 35.5. The largest absolute Gasteiger partial charge is 0.506 e. The highest BCUT2D eigenvalue weighted by Crippen LogP contribution is 2.42. The molecule has 2 N–H and O–H groups in total. The van der Waals surface area contributed by atoms with Crippen molar-refractivity contribution in [1.29, 1.82) is 0 Å². The minimum absolute atomic E-state index is 0.192. The Bertz CT molecular complexity index is 698. The van der Waals surface area contributed by atoms with Crippen molar-refractivity contribution in [2.45, 2.75) is 31.2 Å². The number of nitrogens with one attached hydrogen (secondary N) is 1. The molecular formula is C18H18ClNO. The number of halogens is 1. The van der Waals surface area contributed by atoms with Crippen LogP contribution in [-0.2, 0) is 12.8 Å². The molecular weight excluding hydrogens is 282 g/mol. The van der Waals surface area contributed by atoms with Crippen LogP contribution in [0, 0.1) is 0 Å². The molecule has 0 aromatic heterocycles. The predicted octanol–water partition coefficient (Wildman–Crippen LogP) is 3.64. The minimum atomic E-state index is 0.192. The molecule has 2 aromatic carbocycles. The molecule has 1 aliphatic carbocycles. The van der Waals surface area contributed by atoms with Crippen LogP contribution in [0.4, 0.5) is 0 Å². The number of phenolic OH excluding ortho intramolecular Hbond substituents is 1. The van der Waals surface area contributed by atoms with Gasteiger partial charge in [0.2, 0.25) is 0 Å². The van der Waals surface area contributed by atoms with Gasteiger partial charge in [-0.15, -0.1) is 0 Å². The number of aryl methyl sites for hydroxylation is 1. The van der Waals surface area contributed by atoms with Crippen LogP contribution in [0.5, 0.6) is 5.75 Å². The van der Waals surface area contributed by atoms with Crippen molar-refractivity contribution in [2.75, 3.05) is 6.54 Å². The Balaban J connectivity index is 1.92. The van der Waals surface area contributed by atoms with Crippen molar-refractivity contribution in [2.24, 2.45) is 0 Å². The molecule has 0 fully saturated rings. The van der Waals surface area contributed by atoms with E-state index in [0.29, 0.717) is 17.0 Å². The fourth-order valence-electron chi connectivity index (χ4n) is 3.88. The summed E-state index contributed by atoms with van der Waals surface area (Å²) in [6, 6.07) is 13.0. The molecule has 0 bridgehead atoms. The molecule has 108 valence electrons. The van der Waals surface area contributed by atoms with Crippen molar-refractivity contribution >= 4 is 11.6 Å². The van der Waals surface area contributed by atoms with Gasteiger partial charge in [0.25, 0.3) is 0 Å². The summed E-state index contributed by atoms with van der Waals surface area (Å²) in [4.78, 5) is 0. The Labute approximate surface area is 129 Å². The van der Waals surface area contributed by atoms with Crippen LogP contribution in [0.2, 0.25) is 5.02 Å². The molecule has 2 atom stereocenters. The Morgan fingerprint density at radius 1 is 1.05 bits per heavy atom. The van der Waals surface area contributed by atoms with Gasteiger partial charge in [0, 0.05) is 12.0 Å². The predicted molar refractivity (Wildman–Crippen MR) is 85.2 cm³/mol. The van der Waals surface area contributed by atoms with Crippen LogP contribution in [0.15, 0.2) is 36.4 Å². The maximum atomic E-state index is 10.0. The van der Waals surface area contributed by atoms with E-state index in [1.165, 1.54) is 22.3 Å². The Morgan fingerprint density at radius 2 is 1.90 bits per heavy atom. The second-order valence-electron chi connectivity index (χ2n) is 6.03. The van der Waals surface area contributed by atoms with E-state index in [1.807, 2.05) is 12.1 Å². The summed E-state index contributed by atoms with van der Waals surface area (Å²) in [6.45, 7) is 1.02. The normalized spacial score (nSPS) is 23.7. The molecule has 0 saturated heterocycles.